The highest BCUT2D eigenvalue weighted by atomic mass is 32.2. The topological polar surface area (TPSA) is 28.2 Å². The van der Waals surface area contributed by atoms with E-state index in [-0.39, 0.29) is 0 Å². The number of nitrogens with zero attached hydrogens (tertiary/aromatic N) is 2. The first-order chi connectivity index (χ1) is 8.28. The molecule has 3 nitrogen and oxygen atoms in total. The molecule has 1 N–H and O–H groups in total. The second-order valence-electron chi connectivity index (χ2n) is 4.46. The van der Waals surface area contributed by atoms with Crippen molar-refractivity contribution in [2.24, 2.45) is 0 Å². The fourth-order valence-electron chi connectivity index (χ4n) is 2.11. The standard InChI is InChI=1S/C13H21N3S/c1-3-14-13-6-4-5-12(15-13)10-16-7-8-17-11(2)9-16/h4-6,11H,3,7-10H2,1-2H3,(H,14,15). The molecule has 0 aliphatic carbocycles. The summed E-state index contributed by atoms with van der Waals surface area (Å²) >= 11 is 2.07. The highest BCUT2D eigenvalue weighted by Crippen LogP contribution is 2.19. The number of aromatic nitrogens is 1. The minimum absolute atomic E-state index is 0.751. The van der Waals surface area contributed by atoms with Crippen LogP contribution < -0.4 is 5.32 Å². The van der Waals surface area contributed by atoms with Gasteiger partial charge in [-0.1, -0.05) is 13.0 Å². The first-order valence-electron chi connectivity index (χ1n) is 6.31. The Bertz CT molecular complexity index is 356. The molecule has 4 heteroatoms. The van der Waals surface area contributed by atoms with Crippen LogP contribution in [0.15, 0.2) is 18.2 Å². The zero-order chi connectivity index (χ0) is 12.1. The van der Waals surface area contributed by atoms with E-state index in [0.717, 1.165) is 24.2 Å². The summed E-state index contributed by atoms with van der Waals surface area (Å²) in [4.78, 5) is 7.12. The van der Waals surface area contributed by atoms with E-state index in [4.69, 9.17) is 0 Å². The molecule has 0 aromatic carbocycles. The Kier molecular flexibility index (Phi) is 4.68. The molecule has 0 radical (unpaired) electrons. The minimum Gasteiger partial charge on any atom is -0.370 e. The summed E-state index contributed by atoms with van der Waals surface area (Å²) in [5.74, 6) is 2.23. The Balaban J connectivity index is 1.95. The van der Waals surface area contributed by atoms with Gasteiger partial charge in [0.15, 0.2) is 0 Å². The molecule has 1 aromatic heterocycles. The molecule has 0 saturated carbocycles. The third-order valence-corrected chi connectivity index (χ3v) is 4.01. The van der Waals surface area contributed by atoms with E-state index in [1.54, 1.807) is 0 Å². The molecule has 0 spiro atoms. The maximum atomic E-state index is 4.62. The summed E-state index contributed by atoms with van der Waals surface area (Å²) in [7, 11) is 0. The van der Waals surface area contributed by atoms with Crippen LogP contribution in [0.25, 0.3) is 0 Å². The monoisotopic (exact) mass is 251 g/mol. The Hall–Kier alpha value is -0.740. The molecule has 17 heavy (non-hydrogen) atoms. The van der Waals surface area contributed by atoms with Gasteiger partial charge in [0.25, 0.3) is 0 Å². The lowest BCUT2D eigenvalue weighted by Gasteiger charge is -2.30. The quantitative estimate of drug-likeness (QED) is 0.890. The molecule has 1 aromatic rings. The predicted molar refractivity (Wildman–Crippen MR) is 75.6 cm³/mol. The number of thioether (sulfide) groups is 1. The van der Waals surface area contributed by atoms with Crippen molar-refractivity contribution in [1.29, 1.82) is 0 Å². The average molecular weight is 251 g/mol. The number of hydrogen-bond acceptors (Lipinski definition) is 4. The molecule has 1 fully saturated rings. The van der Waals surface area contributed by atoms with Gasteiger partial charge < -0.3 is 5.32 Å². The molecule has 94 valence electrons. The van der Waals surface area contributed by atoms with Crippen LogP contribution in [0.1, 0.15) is 19.5 Å². The van der Waals surface area contributed by atoms with E-state index in [1.165, 1.54) is 24.5 Å². The predicted octanol–water partition coefficient (Wildman–Crippen LogP) is 2.45. The molecule has 2 heterocycles. The van der Waals surface area contributed by atoms with Gasteiger partial charge in [-0.05, 0) is 19.1 Å². The van der Waals surface area contributed by atoms with Crippen LogP contribution in [0, 0.1) is 0 Å². The minimum atomic E-state index is 0.751. The van der Waals surface area contributed by atoms with Crippen molar-refractivity contribution in [2.75, 3.05) is 30.7 Å². The smallest absolute Gasteiger partial charge is 0.126 e. The SMILES string of the molecule is CCNc1cccc(CN2CCSC(C)C2)n1. The fraction of sp³-hybridized carbons (Fsp3) is 0.615. The number of pyridine rings is 1. The van der Waals surface area contributed by atoms with Crippen LogP contribution in [-0.4, -0.2) is 40.5 Å². The highest BCUT2D eigenvalue weighted by molar-refractivity contribution is 7.99. The van der Waals surface area contributed by atoms with Crippen molar-refractivity contribution in [3.05, 3.63) is 23.9 Å². The summed E-state index contributed by atoms with van der Waals surface area (Å²) < 4.78 is 0. The zero-order valence-corrected chi connectivity index (χ0v) is 11.5. The second kappa shape index (κ2) is 6.26. The van der Waals surface area contributed by atoms with Gasteiger partial charge in [-0.3, -0.25) is 4.90 Å². The van der Waals surface area contributed by atoms with Crippen molar-refractivity contribution in [1.82, 2.24) is 9.88 Å². The zero-order valence-electron chi connectivity index (χ0n) is 10.6. The Morgan fingerprint density at radius 2 is 2.41 bits per heavy atom. The van der Waals surface area contributed by atoms with E-state index in [0.29, 0.717) is 0 Å². The third-order valence-electron chi connectivity index (χ3n) is 2.88. The van der Waals surface area contributed by atoms with Gasteiger partial charge in [0.2, 0.25) is 0 Å². The Morgan fingerprint density at radius 3 is 3.18 bits per heavy atom. The summed E-state index contributed by atoms with van der Waals surface area (Å²) in [5, 5.41) is 4.01. The molecule has 0 bridgehead atoms. The van der Waals surface area contributed by atoms with Gasteiger partial charge in [-0.25, -0.2) is 4.98 Å². The van der Waals surface area contributed by atoms with Crippen LogP contribution in [-0.2, 0) is 6.54 Å². The van der Waals surface area contributed by atoms with Gasteiger partial charge in [0.05, 0.1) is 5.69 Å². The van der Waals surface area contributed by atoms with Gasteiger partial charge in [0, 0.05) is 37.2 Å². The van der Waals surface area contributed by atoms with E-state index in [9.17, 15) is 0 Å². The Morgan fingerprint density at radius 1 is 1.53 bits per heavy atom. The summed E-state index contributed by atoms with van der Waals surface area (Å²) in [6.45, 7) is 8.66. The van der Waals surface area contributed by atoms with E-state index in [2.05, 4.69) is 52.9 Å². The van der Waals surface area contributed by atoms with Crippen molar-refractivity contribution >= 4 is 17.6 Å². The third kappa shape index (κ3) is 3.89. The number of nitrogens with one attached hydrogen (secondary N) is 1. The van der Waals surface area contributed by atoms with Gasteiger partial charge in [0.1, 0.15) is 5.82 Å². The lowest BCUT2D eigenvalue weighted by molar-refractivity contribution is 0.275. The van der Waals surface area contributed by atoms with Crippen LogP contribution in [0.2, 0.25) is 0 Å². The van der Waals surface area contributed by atoms with Crippen molar-refractivity contribution in [3.63, 3.8) is 0 Å². The summed E-state index contributed by atoms with van der Waals surface area (Å²) in [6, 6.07) is 6.23. The molecule has 1 atom stereocenters. The largest absolute Gasteiger partial charge is 0.370 e. The van der Waals surface area contributed by atoms with E-state index < -0.39 is 0 Å². The van der Waals surface area contributed by atoms with Gasteiger partial charge in [-0.2, -0.15) is 11.8 Å². The molecule has 1 saturated heterocycles. The van der Waals surface area contributed by atoms with Crippen molar-refractivity contribution in [3.8, 4) is 0 Å². The fourth-order valence-corrected chi connectivity index (χ4v) is 3.19. The molecule has 1 aliphatic heterocycles. The normalized spacial score (nSPS) is 21.4. The Labute approximate surface area is 108 Å². The van der Waals surface area contributed by atoms with Gasteiger partial charge in [-0.15, -0.1) is 0 Å². The van der Waals surface area contributed by atoms with Crippen LogP contribution >= 0.6 is 11.8 Å². The summed E-state index contributed by atoms with van der Waals surface area (Å²) in [6.07, 6.45) is 0. The highest BCUT2D eigenvalue weighted by Gasteiger charge is 2.16. The molecular formula is C13H21N3S. The molecular weight excluding hydrogens is 230 g/mol. The van der Waals surface area contributed by atoms with E-state index in [1.807, 2.05) is 6.07 Å². The molecule has 0 amide bonds. The first kappa shape index (κ1) is 12.7. The maximum absolute atomic E-state index is 4.62. The first-order valence-corrected chi connectivity index (χ1v) is 7.36. The van der Waals surface area contributed by atoms with Crippen LogP contribution in [0.4, 0.5) is 5.82 Å². The van der Waals surface area contributed by atoms with Gasteiger partial charge >= 0.3 is 0 Å². The van der Waals surface area contributed by atoms with Crippen molar-refractivity contribution < 1.29 is 0 Å². The van der Waals surface area contributed by atoms with Crippen LogP contribution in [0.5, 0.6) is 0 Å². The maximum Gasteiger partial charge on any atom is 0.126 e. The summed E-state index contributed by atoms with van der Waals surface area (Å²) in [5.41, 5.74) is 1.17. The van der Waals surface area contributed by atoms with Crippen molar-refractivity contribution in [2.45, 2.75) is 25.6 Å². The number of hydrogen-bond donors (Lipinski definition) is 1. The van der Waals surface area contributed by atoms with Crippen LogP contribution in [0.3, 0.4) is 0 Å². The van der Waals surface area contributed by atoms with E-state index >= 15 is 0 Å². The lowest BCUT2D eigenvalue weighted by atomic mass is 10.3. The second-order valence-corrected chi connectivity index (χ2v) is 6.01. The number of rotatable bonds is 4. The molecule has 1 unspecified atom stereocenters. The lowest BCUT2D eigenvalue weighted by Crippen LogP contribution is -2.36. The molecule has 2 rings (SSSR count). The number of anilines is 1. The average Bonchev–Trinajstić information content (AvgIpc) is 2.30. The molecule has 1 aliphatic rings.